The quantitative estimate of drug-likeness (QED) is 0.692. The smallest absolute Gasteiger partial charge is 0.240 e. The van der Waals surface area contributed by atoms with Crippen LogP contribution < -0.4 is 15.8 Å². The molecule has 5 N–H and O–H groups in total. The lowest BCUT2D eigenvalue weighted by Gasteiger charge is -2.32. The number of sulfonamides is 1. The molecule has 0 aliphatic heterocycles. The first-order valence-electron chi connectivity index (χ1n) is 6.73. The molecule has 1 aromatic rings. The number of aliphatic hydroxyl groups is 1. The third kappa shape index (κ3) is 3.23. The van der Waals surface area contributed by atoms with E-state index in [1.165, 1.54) is 6.07 Å². The van der Waals surface area contributed by atoms with Crippen LogP contribution in [0.15, 0.2) is 23.1 Å². The average molecular weight is 299 g/mol. The topological polar surface area (TPSA) is 110 Å². The van der Waals surface area contributed by atoms with Gasteiger partial charge in [0.15, 0.2) is 0 Å². The van der Waals surface area contributed by atoms with Crippen molar-refractivity contribution >= 4 is 21.4 Å². The Hall–Kier alpha value is -1.31. The number of primary sulfonamides is 1. The van der Waals surface area contributed by atoms with E-state index in [4.69, 9.17) is 10.9 Å². The lowest BCUT2D eigenvalue weighted by Crippen LogP contribution is -2.37. The van der Waals surface area contributed by atoms with Crippen molar-refractivity contribution in [1.29, 1.82) is 0 Å². The zero-order chi connectivity index (χ0) is 14.8. The number of aliphatic hydroxyl groups excluding tert-OH is 1. The van der Waals surface area contributed by atoms with E-state index in [0.29, 0.717) is 17.9 Å². The molecule has 1 aliphatic rings. The highest BCUT2D eigenvalue weighted by Crippen LogP contribution is 2.33. The van der Waals surface area contributed by atoms with Gasteiger partial charge in [0.05, 0.1) is 12.3 Å². The largest absolute Gasteiger partial charge is 0.399 e. The van der Waals surface area contributed by atoms with Crippen molar-refractivity contribution in [2.75, 3.05) is 23.8 Å². The third-order valence-corrected chi connectivity index (χ3v) is 4.65. The molecule has 0 aromatic heterocycles. The molecule has 2 rings (SSSR count). The maximum absolute atomic E-state index is 11.8. The summed E-state index contributed by atoms with van der Waals surface area (Å²) in [5.41, 5.74) is 6.55. The van der Waals surface area contributed by atoms with E-state index in [1.807, 2.05) is 4.90 Å². The van der Waals surface area contributed by atoms with Gasteiger partial charge in [-0.25, -0.2) is 13.6 Å². The van der Waals surface area contributed by atoms with E-state index >= 15 is 0 Å². The Bertz CT molecular complexity index is 568. The Balaban J connectivity index is 2.47. The van der Waals surface area contributed by atoms with Crippen LogP contribution in [0.2, 0.25) is 0 Å². The fraction of sp³-hybridized carbons (Fsp3) is 0.538. The molecule has 1 saturated carbocycles. The molecule has 0 bridgehead atoms. The van der Waals surface area contributed by atoms with Crippen LogP contribution in [0.5, 0.6) is 0 Å². The Morgan fingerprint density at radius 2 is 1.95 bits per heavy atom. The van der Waals surface area contributed by atoms with Crippen molar-refractivity contribution in [2.24, 2.45) is 5.14 Å². The first kappa shape index (κ1) is 15.1. The monoisotopic (exact) mass is 299 g/mol. The van der Waals surface area contributed by atoms with Crippen LogP contribution in [-0.2, 0) is 10.0 Å². The highest BCUT2D eigenvalue weighted by atomic mass is 32.2. The summed E-state index contributed by atoms with van der Waals surface area (Å²) in [5, 5.41) is 14.5. The molecular weight excluding hydrogens is 278 g/mol. The van der Waals surface area contributed by atoms with E-state index in [9.17, 15) is 13.5 Å². The number of nitrogens with zero attached hydrogens (tertiary/aromatic N) is 1. The molecular formula is C13H21N3O3S. The van der Waals surface area contributed by atoms with Gasteiger partial charge in [-0.3, -0.25) is 0 Å². The van der Waals surface area contributed by atoms with Crippen LogP contribution in [-0.4, -0.2) is 32.7 Å². The molecule has 1 aromatic carbocycles. The normalized spacial score (nSPS) is 16.5. The lowest BCUT2D eigenvalue weighted by atomic mass is 10.1. The predicted molar refractivity (Wildman–Crippen MR) is 78.9 cm³/mol. The summed E-state index contributed by atoms with van der Waals surface area (Å²) in [5.74, 6) is 0. The summed E-state index contributed by atoms with van der Waals surface area (Å²) < 4.78 is 23.5. The number of benzene rings is 1. The Morgan fingerprint density at radius 3 is 2.50 bits per heavy atom. The van der Waals surface area contributed by atoms with Crippen LogP contribution in [0, 0.1) is 0 Å². The van der Waals surface area contributed by atoms with Gasteiger partial charge in [0, 0.05) is 18.3 Å². The summed E-state index contributed by atoms with van der Waals surface area (Å²) in [6.45, 7) is 0.349. The van der Waals surface area contributed by atoms with Crippen LogP contribution >= 0.6 is 0 Å². The Kier molecular flexibility index (Phi) is 4.52. The standard InChI is InChI=1S/C13H21N3O3S/c14-10-5-6-12(13(9-10)20(15,18)19)16(7-8-17)11-3-1-2-4-11/h5-6,9,11,17H,1-4,7-8,14H2,(H2,15,18,19). The summed E-state index contributed by atoms with van der Waals surface area (Å²) >= 11 is 0. The number of nitrogen functional groups attached to an aromatic ring is 1. The Labute approximate surface area is 119 Å². The van der Waals surface area contributed by atoms with Gasteiger partial charge >= 0.3 is 0 Å². The maximum Gasteiger partial charge on any atom is 0.240 e. The van der Waals surface area contributed by atoms with Crippen molar-refractivity contribution in [1.82, 2.24) is 0 Å². The van der Waals surface area contributed by atoms with Gasteiger partial charge in [-0.1, -0.05) is 12.8 Å². The molecule has 7 heteroatoms. The first-order chi connectivity index (χ1) is 9.43. The number of hydrogen-bond acceptors (Lipinski definition) is 5. The molecule has 0 saturated heterocycles. The zero-order valence-corrected chi connectivity index (χ0v) is 12.1. The van der Waals surface area contributed by atoms with Gasteiger partial charge in [0.2, 0.25) is 10.0 Å². The van der Waals surface area contributed by atoms with Crippen molar-refractivity contribution < 1.29 is 13.5 Å². The van der Waals surface area contributed by atoms with E-state index < -0.39 is 10.0 Å². The first-order valence-corrected chi connectivity index (χ1v) is 8.28. The zero-order valence-electron chi connectivity index (χ0n) is 11.3. The molecule has 6 nitrogen and oxygen atoms in total. The summed E-state index contributed by atoms with van der Waals surface area (Å²) in [6.07, 6.45) is 4.22. The fourth-order valence-electron chi connectivity index (χ4n) is 2.82. The molecule has 1 fully saturated rings. The van der Waals surface area contributed by atoms with Gasteiger partial charge in [-0.2, -0.15) is 0 Å². The van der Waals surface area contributed by atoms with Gasteiger partial charge in [0.1, 0.15) is 4.90 Å². The maximum atomic E-state index is 11.8. The molecule has 0 unspecified atom stereocenters. The minimum Gasteiger partial charge on any atom is -0.399 e. The van der Waals surface area contributed by atoms with Gasteiger partial charge in [0.25, 0.3) is 0 Å². The lowest BCUT2D eigenvalue weighted by molar-refractivity contribution is 0.297. The number of nitrogens with two attached hydrogens (primary N) is 2. The van der Waals surface area contributed by atoms with Crippen molar-refractivity contribution in [3.8, 4) is 0 Å². The third-order valence-electron chi connectivity index (χ3n) is 3.71. The van der Waals surface area contributed by atoms with Gasteiger partial charge in [-0.05, 0) is 31.0 Å². The SMILES string of the molecule is Nc1ccc(N(CCO)C2CCCC2)c(S(N)(=O)=O)c1. The molecule has 0 heterocycles. The van der Waals surface area contributed by atoms with Crippen LogP contribution in [0.3, 0.4) is 0 Å². The van der Waals surface area contributed by atoms with Crippen molar-refractivity contribution in [2.45, 2.75) is 36.6 Å². The van der Waals surface area contributed by atoms with E-state index in [2.05, 4.69) is 0 Å². The number of anilines is 2. The molecule has 0 amide bonds. The van der Waals surface area contributed by atoms with E-state index in [1.54, 1.807) is 12.1 Å². The van der Waals surface area contributed by atoms with Gasteiger partial charge < -0.3 is 15.7 Å². The average Bonchev–Trinajstić information content (AvgIpc) is 2.89. The minimum atomic E-state index is -3.85. The van der Waals surface area contributed by atoms with E-state index in [-0.39, 0.29) is 17.5 Å². The van der Waals surface area contributed by atoms with Gasteiger partial charge in [-0.15, -0.1) is 0 Å². The fourth-order valence-corrected chi connectivity index (χ4v) is 3.60. The highest BCUT2D eigenvalue weighted by Gasteiger charge is 2.26. The predicted octanol–water partition coefficient (Wildman–Crippen LogP) is 0.658. The van der Waals surface area contributed by atoms with Crippen LogP contribution in [0.4, 0.5) is 11.4 Å². The number of hydrogen-bond donors (Lipinski definition) is 3. The van der Waals surface area contributed by atoms with Crippen LogP contribution in [0.25, 0.3) is 0 Å². The molecule has 112 valence electrons. The highest BCUT2D eigenvalue weighted by molar-refractivity contribution is 7.89. The summed E-state index contributed by atoms with van der Waals surface area (Å²) in [6, 6.07) is 4.95. The second-order valence-corrected chi connectivity index (χ2v) is 6.66. The van der Waals surface area contributed by atoms with Crippen molar-refractivity contribution in [3.63, 3.8) is 0 Å². The van der Waals surface area contributed by atoms with Crippen molar-refractivity contribution in [3.05, 3.63) is 18.2 Å². The minimum absolute atomic E-state index is 0.0258. The van der Waals surface area contributed by atoms with Crippen LogP contribution in [0.1, 0.15) is 25.7 Å². The Morgan fingerprint density at radius 1 is 1.30 bits per heavy atom. The summed E-state index contributed by atoms with van der Waals surface area (Å²) in [4.78, 5) is 1.96. The second-order valence-electron chi connectivity index (χ2n) is 5.13. The van der Waals surface area contributed by atoms with E-state index in [0.717, 1.165) is 25.7 Å². The molecule has 0 radical (unpaired) electrons. The molecule has 1 aliphatic carbocycles. The second kappa shape index (κ2) is 5.99. The molecule has 0 atom stereocenters. The number of rotatable bonds is 5. The summed E-state index contributed by atoms with van der Waals surface area (Å²) in [7, 11) is -3.85. The molecule has 20 heavy (non-hydrogen) atoms. The molecule has 0 spiro atoms.